The predicted molar refractivity (Wildman–Crippen MR) is 83.2 cm³/mol. The van der Waals surface area contributed by atoms with Crippen molar-refractivity contribution in [3.05, 3.63) is 30.3 Å². The highest BCUT2D eigenvalue weighted by molar-refractivity contribution is 7.80. The zero-order chi connectivity index (χ0) is 15.2. The first-order valence-electron chi connectivity index (χ1n) is 6.70. The number of hydrogen-bond acceptors (Lipinski definition) is 4. The van der Waals surface area contributed by atoms with E-state index in [1.165, 1.54) is 0 Å². The molecule has 2 aliphatic heterocycles. The van der Waals surface area contributed by atoms with Gasteiger partial charge in [0.15, 0.2) is 5.11 Å². The van der Waals surface area contributed by atoms with Gasteiger partial charge in [-0.15, -0.1) is 0 Å². The van der Waals surface area contributed by atoms with Crippen LogP contribution < -0.4 is 15.5 Å². The minimum absolute atomic E-state index is 0.0474. The number of benzene rings is 1. The highest BCUT2D eigenvalue weighted by atomic mass is 32.1. The van der Waals surface area contributed by atoms with Crippen LogP contribution in [0.4, 0.5) is 5.69 Å². The van der Waals surface area contributed by atoms with Crippen molar-refractivity contribution in [2.75, 3.05) is 18.0 Å². The smallest absolute Gasteiger partial charge is 0.320 e. The normalized spacial score (nSPS) is 20.8. The van der Waals surface area contributed by atoms with E-state index in [4.69, 9.17) is 17.3 Å². The number of hydrogen-bond donors (Lipinski definition) is 3. The number of nitrogens with one attached hydrogen (secondary N) is 2. The average Bonchev–Trinajstić information content (AvgIpc) is 3.10. The molecular formula is C14H17N3O3S. The van der Waals surface area contributed by atoms with Gasteiger partial charge in [-0.3, -0.25) is 9.59 Å². The van der Waals surface area contributed by atoms with Crippen molar-refractivity contribution in [3.8, 4) is 0 Å². The molecule has 0 radical (unpaired) electrons. The van der Waals surface area contributed by atoms with Gasteiger partial charge in [-0.25, -0.2) is 0 Å². The van der Waals surface area contributed by atoms with Crippen molar-refractivity contribution in [1.82, 2.24) is 10.6 Å². The summed E-state index contributed by atoms with van der Waals surface area (Å²) in [6.45, 7) is 1.18. The summed E-state index contributed by atoms with van der Waals surface area (Å²) in [4.78, 5) is 22.9. The molecule has 1 atom stereocenters. The van der Waals surface area contributed by atoms with Crippen LogP contribution in [0, 0.1) is 0 Å². The lowest BCUT2D eigenvalue weighted by molar-refractivity contribution is -0.139. The van der Waals surface area contributed by atoms with Crippen LogP contribution in [0.1, 0.15) is 12.8 Å². The average molecular weight is 307 g/mol. The van der Waals surface area contributed by atoms with Crippen molar-refractivity contribution in [2.24, 2.45) is 0 Å². The van der Waals surface area contributed by atoms with E-state index in [1.807, 2.05) is 30.3 Å². The fourth-order valence-corrected chi connectivity index (χ4v) is 2.44. The quantitative estimate of drug-likeness (QED) is 0.699. The fraction of sp³-hybridized carbons (Fsp3) is 0.357. The number of carbonyl (C=O) groups excluding carboxylic acids is 1. The number of rotatable bonds is 2. The van der Waals surface area contributed by atoms with E-state index in [2.05, 4.69) is 10.6 Å². The zero-order valence-electron chi connectivity index (χ0n) is 11.4. The maximum Gasteiger partial charge on any atom is 0.320 e. The van der Waals surface area contributed by atoms with Crippen molar-refractivity contribution < 1.29 is 14.7 Å². The van der Waals surface area contributed by atoms with Gasteiger partial charge in [-0.1, -0.05) is 18.2 Å². The van der Waals surface area contributed by atoms with Gasteiger partial charge in [0, 0.05) is 5.69 Å². The van der Waals surface area contributed by atoms with E-state index in [-0.39, 0.29) is 11.9 Å². The van der Waals surface area contributed by atoms with Gasteiger partial charge >= 0.3 is 5.97 Å². The third kappa shape index (κ3) is 4.24. The first-order chi connectivity index (χ1) is 10.1. The van der Waals surface area contributed by atoms with Crippen LogP contribution in [0.25, 0.3) is 0 Å². The van der Waals surface area contributed by atoms with Gasteiger partial charge in [-0.05, 0) is 43.7 Å². The number of thiocarbonyl (C=S) groups is 1. The topological polar surface area (TPSA) is 81.7 Å². The van der Waals surface area contributed by atoms with E-state index in [0.717, 1.165) is 25.1 Å². The molecule has 0 bridgehead atoms. The summed E-state index contributed by atoms with van der Waals surface area (Å²) in [6.07, 6.45) is 1.78. The molecule has 1 aromatic rings. The summed E-state index contributed by atoms with van der Waals surface area (Å²) < 4.78 is 0. The zero-order valence-corrected chi connectivity index (χ0v) is 12.2. The van der Waals surface area contributed by atoms with Gasteiger partial charge < -0.3 is 20.6 Å². The van der Waals surface area contributed by atoms with Gasteiger partial charge in [0.1, 0.15) is 12.6 Å². The van der Waals surface area contributed by atoms with Crippen LogP contribution in [-0.2, 0) is 9.59 Å². The van der Waals surface area contributed by atoms with Gasteiger partial charge in [0.25, 0.3) is 0 Å². The Bertz CT molecular complexity index is 530. The minimum atomic E-state index is -0.720. The number of aliphatic carboxylic acids is 1. The van der Waals surface area contributed by atoms with Crippen molar-refractivity contribution in [3.63, 3.8) is 0 Å². The van der Waals surface area contributed by atoms with Crippen LogP contribution in [0.3, 0.4) is 0 Å². The van der Waals surface area contributed by atoms with Crippen molar-refractivity contribution >= 4 is 34.9 Å². The van der Waals surface area contributed by atoms with Gasteiger partial charge in [-0.2, -0.15) is 0 Å². The molecule has 1 aromatic carbocycles. The number of nitrogens with zero attached hydrogens (tertiary/aromatic N) is 1. The molecule has 112 valence electrons. The summed E-state index contributed by atoms with van der Waals surface area (Å²) in [6, 6.07) is 9.34. The summed E-state index contributed by atoms with van der Waals surface area (Å²) in [5.41, 5.74) is 0.950. The van der Waals surface area contributed by atoms with E-state index in [9.17, 15) is 9.59 Å². The number of para-hydroxylation sites is 1. The molecule has 3 rings (SSSR count). The number of anilines is 1. The Hall–Kier alpha value is -1.99. The highest BCUT2D eigenvalue weighted by Crippen LogP contribution is 2.15. The maximum atomic E-state index is 11.0. The van der Waals surface area contributed by atoms with Gasteiger partial charge in [0.05, 0.1) is 0 Å². The molecule has 2 heterocycles. The lowest BCUT2D eigenvalue weighted by Gasteiger charge is -2.14. The van der Waals surface area contributed by atoms with Crippen LogP contribution in [0.15, 0.2) is 30.3 Å². The SMILES string of the molecule is O=C(O)[C@@H]1CCCN1.O=C1CN(c2ccccc2)C(=S)N1. The molecule has 0 aromatic heterocycles. The third-order valence-electron chi connectivity index (χ3n) is 3.22. The molecule has 6 nitrogen and oxygen atoms in total. The fourth-order valence-electron chi connectivity index (χ4n) is 2.15. The first-order valence-corrected chi connectivity index (χ1v) is 7.11. The molecular weight excluding hydrogens is 290 g/mol. The maximum absolute atomic E-state index is 11.0. The third-order valence-corrected chi connectivity index (χ3v) is 3.54. The Morgan fingerprint density at radius 3 is 2.48 bits per heavy atom. The number of carboxylic acid groups (broad SMARTS) is 1. The molecule has 2 saturated heterocycles. The molecule has 2 fully saturated rings. The van der Waals surface area contributed by atoms with Crippen LogP contribution in [0.5, 0.6) is 0 Å². The molecule has 0 spiro atoms. The molecule has 1 amide bonds. The van der Waals surface area contributed by atoms with E-state index in [1.54, 1.807) is 4.90 Å². The monoisotopic (exact) mass is 307 g/mol. The Kier molecular flexibility index (Phi) is 5.24. The summed E-state index contributed by atoms with van der Waals surface area (Å²) in [5.74, 6) is -0.767. The molecule has 0 aliphatic carbocycles. The predicted octanol–water partition coefficient (Wildman–Crippen LogP) is 0.731. The van der Waals surface area contributed by atoms with E-state index in [0.29, 0.717) is 11.7 Å². The second-order valence-electron chi connectivity index (χ2n) is 4.76. The Morgan fingerprint density at radius 2 is 2.05 bits per heavy atom. The molecule has 0 saturated carbocycles. The number of amides is 1. The molecule has 3 N–H and O–H groups in total. The van der Waals surface area contributed by atoms with Crippen molar-refractivity contribution in [2.45, 2.75) is 18.9 Å². The first kappa shape index (κ1) is 15.4. The Labute approximate surface area is 128 Å². The lowest BCUT2D eigenvalue weighted by atomic mass is 10.2. The van der Waals surface area contributed by atoms with Crippen LogP contribution in [-0.4, -0.2) is 41.2 Å². The number of carboxylic acids is 1. The second kappa shape index (κ2) is 7.14. The van der Waals surface area contributed by atoms with E-state index >= 15 is 0 Å². The Morgan fingerprint density at radius 1 is 1.33 bits per heavy atom. The summed E-state index contributed by atoms with van der Waals surface area (Å²) >= 11 is 4.99. The number of carbonyl (C=O) groups is 2. The minimum Gasteiger partial charge on any atom is -0.480 e. The lowest BCUT2D eigenvalue weighted by Crippen LogP contribution is -2.29. The van der Waals surface area contributed by atoms with Crippen molar-refractivity contribution in [1.29, 1.82) is 0 Å². The van der Waals surface area contributed by atoms with Gasteiger partial charge in [0.2, 0.25) is 5.91 Å². The highest BCUT2D eigenvalue weighted by Gasteiger charge is 2.24. The summed E-state index contributed by atoms with van der Waals surface area (Å²) in [5, 5.41) is 14.3. The van der Waals surface area contributed by atoms with Crippen LogP contribution in [0.2, 0.25) is 0 Å². The molecule has 2 aliphatic rings. The largest absolute Gasteiger partial charge is 0.480 e. The molecule has 7 heteroatoms. The second-order valence-corrected chi connectivity index (χ2v) is 5.15. The van der Waals surface area contributed by atoms with E-state index < -0.39 is 5.97 Å². The standard InChI is InChI=1S/C9H8N2OS.C5H9NO2/c12-8-6-11(9(13)10-8)7-4-2-1-3-5-7;7-5(8)4-2-1-3-6-4/h1-5H,6H2,(H,10,12,13);4,6H,1-3H2,(H,7,8)/t;4-/m.0/s1. The summed E-state index contributed by atoms with van der Waals surface area (Å²) in [7, 11) is 0. The Balaban J connectivity index is 0.000000173. The van der Waals surface area contributed by atoms with Crippen LogP contribution >= 0.6 is 12.2 Å². The molecule has 21 heavy (non-hydrogen) atoms. The molecule has 0 unspecified atom stereocenters.